The van der Waals surface area contributed by atoms with Crippen LogP contribution in [-0.4, -0.2) is 51.4 Å². The summed E-state index contributed by atoms with van der Waals surface area (Å²) in [5.74, 6) is -2.51. The summed E-state index contributed by atoms with van der Waals surface area (Å²) in [4.78, 5) is 37.2. The molecule has 1 aromatic heterocycles. The van der Waals surface area contributed by atoms with Gasteiger partial charge in [0.15, 0.2) is 0 Å². The highest BCUT2D eigenvalue weighted by Crippen LogP contribution is 1.97. The molecule has 138 valence electrons. The normalized spacial score (nSPS) is 10.3. The Labute approximate surface area is 145 Å². The summed E-state index contributed by atoms with van der Waals surface area (Å²) < 4.78 is 5.00. The van der Waals surface area contributed by atoms with Gasteiger partial charge in [-0.2, -0.15) is 0 Å². The van der Waals surface area contributed by atoms with Gasteiger partial charge in [-0.25, -0.2) is 19.4 Å². The molecule has 0 aliphatic rings. The maximum Gasteiger partial charge on any atom is 0.407 e. The summed E-state index contributed by atoms with van der Waals surface area (Å²) in [6, 6.07) is 0. The maximum atomic E-state index is 11.2. The van der Waals surface area contributed by atoms with E-state index in [0.29, 0.717) is 25.3 Å². The van der Waals surface area contributed by atoms with E-state index >= 15 is 0 Å². The molecule has 0 aliphatic heterocycles. The number of aromatic nitrogens is 2. The zero-order chi connectivity index (χ0) is 18.9. The lowest BCUT2D eigenvalue weighted by atomic mass is 10.3. The van der Waals surface area contributed by atoms with E-state index in [0.717, 1.165) is 25.0 Å². The number of alkyl carbamates (subject to hydrolysis) is 1. The van der Waals surface area contributed by atoms with E-state index in [-0.39, 0.29) is 6.09 Å². The number of rotatable bonds is 9. The molecule has 0 radical (unpaired) electrons. The number of carboxylic acids is 2. The molecular weight excluding hydrogens is 330 g/mol. The van der Waals surface area contributed by atoms with E-state index in [1.165, 1.54) is 0 Å². The first-order chi connectivity index (χ1) is 12.0. The SMILES string of the molecule is CC/C=C/CNC(=O)OCCCc1cnc[nH]1.O=C(O)/C=C\C(=O)O. The smallest absolute Gasteiger partial charge is 0.407 e. The molecule has 0 fully saturated rings. The van der Waals surface area contributed by atoms with Gasteiger partial charge in [0.25, 0.3) is 0 Å². The van der Waals surface area contributed by atoms with Gasteiger partial charge in [0.05, 0.1) is 12.9 Å². The number of amides is 1. The largest absolute Gasteiger partial charge is 0.478 e. The first kappa shape index (κ1) is 21.9. The summed E-state index contributed by atoms with van der Waals surface area (Å²) in [6.07, 6.45) is 10.7. The van der Waals surface area contributed by atoms with Crippen molar-refractivity contribution < 1.29 is 29.3 Å². The zero-order valence-electron chi connectivity index (χ0n) is 14.0. The lowest BCUT2D eigenvalue weighted by Gasteiger charge is -2.04. The topological polar surface area (TPSA) is 142 Å². The van der Waals surface area contributed by atoms with Crippen LogP contribution < -0.4 is 5.32 Å². The Balaban J connectivity index is 0.000000609. The Hall–Kier alpha value is -3.10. The van der Waals surface area contributed by atoms with E-state index in [4.69, 9.17) is 14.9 Å². The standard InChI is InChI=1S/C12H19N3O2.C4H4O4/c1-2-3-4-7-14-12(16)17-8-5-6-11-9-13-10-15-11;5-3(6)1-2-4(7)8/h3-4,9-10H,2,5-8H2,1H3,(H,13,15)(H,14,16);1-2H,(H,5,6)(H,7,8)/b4-3+;2-1-. The first-order valence-electron chi connectivity index (χ1n) is 7.62. The molecule has 0 bridgehead atoms. The Morgan fingerprint density at radius 3 is 2.44 bits per heavy atom. The van der Waals surface area contributed by atoms with Gasteiger partial charge in [-0.3, -0.25) is 0 Å². The highest BCUT2D eigenvalue weighted by atomic mass is 16.5. The molecule has 0 unspecified atom stereocenters. The average Bonchev–Trinajstić information content (AvgIpc) is 3.08. The number of carbonyl (C=O) groups excluding carboxylic acids is 1. The van der Waals surface area contributed by atoms with Crippen molar-refractivity contribution in [1.29, 1.82) is 0 Å². The van der Waals surface area contributed by atoms with E-state index < -0.39 is 11.9 Å². The summed E-state index contributed by atoms with van der Waals surface area (Å²) in [5.41, 5.74) is 1.06. The van der Waals surface area contributed by atoms with Crippen LogP contribution >= 0.6 is 0 Å². The fourth-order valence-corrected chi connectivity index (χ4v) is 1.43. The van der Waals surface area contributed by atoms with E-state index in [9.17, 15) is 14.4 Å². The minimum Gasteiger partial charge on any atom is -0.478 e. The molecule has 9 nitrogen and oxygen atoms in total. The van der Waals surface area contributed by atoms with Gasteiger partial charge in [-0.15, -0.1) is 0 Å². The van der Waals surface area contributed by atoms with Crippen LogP contribution in [0.2, 0.25) is 0 Å². The molecule has 0 aromatic carbocycles. The van der Waals surface area contributed by atoms with Gasteiger partial charge >= 0.3 is 18.0 Å². The molecule has 9 heteroatoms. The Morgan fingerprint density at radius 2 is 1.92 bits per heavy atom. The van der Waals surface area contributed by atoms with Gasteiger partial charge in [0.1, 0.15) is 0 Å². The quantitative estimate of drug-likeness (QED) is 0.301. The van der Waals surface area contributed by atoms with Crippen molar-refractivity contribution in [2.75, 3.05) is 13.2 Å². The number of hydrogen-bond donors (Lipinski definition) is 4. The lowest BCUT2D eigenvalue weighted by molar-refractivity contribution is -0.134. The maximum absolute atomic E-state index is 11.2. The van der Waals surface area contributed by atoms with E-state index in [1.807, 2.05) is 19.1 Å². The molecule has 25 heavy (non-hydrogen) atoms. The fraction of sp³-hybridized carbons (Fsp3) is 0.375. The number of aliphatic carboxylic acids is 2. The Kier molecular flexibility index (Phi) is 12.7. The summed E-state index contributed by atoms with van der Waals surface area (Å²) >= 11 is 0. The molecule has 1 amide bonds. The number of hydrogen-bond acceptors (Lipinski definition) is 5. The van der Waals surface area contributed by atoms with Crippen LogP contribution in [-0.2, 0) is 20.7 Å². The third kappa shape index (κ3) is 15.6. The number of carboxylic acid groups (broad SMARTS) is 2. The minimum absolute atomic E-state index is 0.365. The number of imidazole rings is 1. The van der Waals surface area contributed by atoms with Crippen LogP contribution in [0.25, 0.3) is 0 Å². The van der Waals surface area contributed by atoms with E-state index in [2.05, 4.69) is 15.3 Å². The van der Waals surface area contributed by atoms with Crippen LogP contribution in [0, 0.1) is 0 Å². The van der Waals surface area contributed by atoms with Crippen LogP contribution in [0.1, 0.15) is 25.5 Å². The third-order valence-electron chi connectivity index (χ3n) is 2.51. The van der Waals surface area contributed by atoms with Crippen molar-refractivity contribution in [3.63, 3.8) is 0 Å². The van der Waals surface area contributed by atoms with Gasteiger partial charge in [-0.1, -0.05) is 19.1 Å². The van der Waals surface area contributed by atoms with Gasteiger partial charge in [0.2, 0.25) is 0 Å². The molecule has 0 atom stereocenters. The van der Waals surface area contributed by atoms with Crippen molar-refractivity contribution in [2.24, 2.45) is 0 Å². The number of nitrogens with one attached hydrogen (secondary N) is 2. The van der Waals surface area contributed by atoms with Crippen LogP contribution in [0.4, 0.5) is 4.79 Å². The van der Waals surface area contributed by atoms with Crippen LogP contribution in [0.5, 0.6) is 0 Å². The summed E-state index contributed by atoms with van der Waals surface area (Å²) in [7, 11) is 0. The van der Waals surface area contributed by atoms with Crippen molar-refractivity contribution >= 4 is 18.0 Å². The molecule has 4 N–H and O–H groups in total. The highest BCUT2D eigenvalue weighted by Gasteiger charge is 2.00. The first-order valence-corrected chi connectivity index (χ1v) is 7.62. The Bertz CT molecular complexity index is 550. The number of nitrogens with zero attached hydrogens (tertiary/aromatic N) is 1. The van der Waals surface area contributed by atoms with Crippen molar-refractivity contribution in [3.8, 4) is 0 Å². The van der Waals surface area contributed by atoms with E-state index in [1.54, 1.807) is 12.5 Å². The lowest BCUT2D eigenvalue weighted by Crippen LogP contribution is -2.24. The van der Waals surface area contributed by atoms with Gasteiger partial charge in [-0.05, 0) is 19.3 Å². The molecule has 0 saturated carbocycles. The van der Waals surface area contributed by atoms with Gasteiger partial charge < -0.3 is 25.3 Å². The number of aromatic amines is 1. The Morgan fingerprint density at radius 1 is 1.24 bits per heavy atom. The summed E-state index contributed by atoms with van der Waals surface area (Å²) in [5, 5.41) is 18.3. The second kappa shape index (κ2) is 14.5. The molecule has 1 rings (SSSR count). The van der Waals surface area contributed by atoms with Gasteiger partial charge in [0, 0.05) is 30.6 Å². The second-order valence-electron chi connectivity index (χ2n) is 4.59. The molecule has 0 aliphatic carbocycles. The van der Waals surface area contributed by atoms with Crippen LogP contribution in [0.15, 0.2) is 36.8 Å². The second-order valence-corrected chi connectivity index (χ2v) is 4.59. The third-order valence-corrected chi connectivity index (χ3v) is 2.51. The number of H-pyrrole nitrogens is 1. The molecule has 0 spiro atoms. The zero-order valence-corrected chi connectivity index (χ0v) is 14.0. The molecule has 0 saturated heterocycles. The predicted molar refractivity (Wildman–Crippen MR) is 90.1 cm³/mol. The predicted octanol–water partition coefficient (Wildman–Crippen LogP) is 1.75. The average molecular weight is 353 g/mol. The number of carbonyl (C=O) groups is 3. The fourth-order valence-electron chi connectivity index (χ4n) is 1.43. The molecular formula is C16H23N3O6. The number of ether oxygens (including phenoxy) is 1. The van der Waals surface area contributed by atoms with Crippen molar-refractivity contribution in [2.45, 2.75) is 26.2 Å². The number of allylic oxidation sites excluding steroid dienone is 1. The molecule has 1 heterocycles. The minimum atomic E-state index is -1.26. The summed E-state index contributed by atoms with van der Waals surface area (Å²) in [6.45, 7) is 2.99. The highest BCUT2D eigenvalue weighted by molar-refractivity contribution is 5.89. The number of aryl methyl sites for hydroxylation is 1. The van der Waals surface area contributed by atoms with Crippen molar-refractivity contribution in [3.05, 3.63) is 42.5 Å². The van der Waals surface area contributed by atoms with Crippen LogP contribution in [0.3, 0.4) is 0 Å². The monoisotopic (exact) mass is 353 g/mol. The van der Waals surface area contributed by atoms with Crippen molar-refractivity contribution in [1.82, 2.24) is 15.3 Å². The molecule has 1 aromatic rings.